The molecule has 0 unspecified atom stereocenters. The number of hydrogen-bond donors (Lipinski definition) is 1. The molecule has 2 aromatic heterocycles. The molecule has 1 aliphatic heterocycles. The zero-order chi connectivity index (χ0) is 26.7. The highest BCUT2D eigenvalue weighted by molar-refractivity contribution is 5.80. The molecule has 3 aromatic rings. The molecule has 0 spiro atoms. The summed E-state index contributed by atoms with van der Waals surface area (Å²) >= 11 is 0. The standard InChI is InChI=1S/C8H4F4O.C8H15N3O2.C8H8N2/c9-6-1-2-7(8(10,11)12)5(3-6)4-13;1-10-2-4-11(5-3-10)8(13)6-9-7-12;1-7-6-10-5-3-2-4-8(10)9-7/h1-4H;7H,2-6H2,1H3,(H,9,12);2-6H,1H3. The van der Waals surface area contributed by atoms with Gasteiger partial charge in [0.15, 0.2) is 6.29 Å². The van der Waals surface area contributed by atoms with Gasteiger partial charge in [-0.3, -0.25) is 14.4 Å². The average molecular weight is 510 g/mol. The van der Waals surface area contributed by atoms with Gasteiger partial charge in [-0.2, -0.15) is 13.2 Å². The van der Waals surface area contributed by atoms with Crippen molar-refractivity contribution in [2.24, 2.45) is 0 Å². The summed E-state index contributed by atoms with van der Waals surface area (Å²) in [6, 6.07) is 7.73. The van der Waals surface area contributed by atoms with E-state index in [-0.39, 0.29) is 18.7 Å². The van der Waals surface area contributed by atoms with Crippen LogP contribution in [-0.4, -0.2) is 77.6 Å². The second-order valence-corrected chi connectivity index (χ2v) is 7.88. The van der Waals surface area contributed by atoms with Gasteiger partial charge in [0.25, 0.3) is 0 Å². The molecule has 36 heavy (non-hydrogen) atoms. The maximum Gasteiger partial charge on any atom is 0.417 e. The van der Waals surface area contributed by atoms with Crippen LogP contribution in [-0.2, 0) is 15.8 Å². The quantitative estimate of drug-likeness (QED) is 0.432. The van der Waals surface area contributed by atoms with Crippen LogP contribution < -0.4 is 5.32 Å². The molecule has 12 heteroatoms. The van der Waals surface area contributed by atoms with E-state index >= 15 is 0 Å². The van der Waals surface area contributed by atoms with Crippen molar-refractivity contribution in [2.45, 2.75) is 13.1 Å². The molecule has 0 bridgehead atoms. The number of aryl methyl sites for hydroxylation is 1. The number of piperazine rings is 1. The topological polar surface area (TPSA) is 87.0 Å². The Labute approximate surface area is 205 Å². The first kappa shape index (κ1) is 28.4. The lowest BCUT2D eigenvalue weighted by Gasteiger charge is -2.32. The van der Waals surface area contributed by atoms with Gasteiger partial charge >= 0.3 is 6.18 Å². The lowest BCUT2D eigenvalue weighted by molar-refractivity contribution is -0.138. The van der Waals surface area contributed by atoms with Crippen LogP contribution in [0.5, 0.6) is 0 Å². The van der Waals surface area contributed by atoms with E-state index in [1.54, 1.807) is 4.90 Å². The third-order valence-electron chi connectivity index (χ3n) is 5.12. The zero-order valence-corrected chi connectivity index (χ0v) is 19.8. The number of carbonyl (C=O) groups is 3. The largest absolute Gasteiger partial charge is 0.417 e. The van der Waals surface area contributed by atoms with Crippen molar-refractivity contribution in [3.05, 3.63) is 71.4 Å². The number of halogens is 4. The van der Waals surface area contributed by atoms with Gasteiger partial charge in [0.05, 0.1) is 17.8 Å². The molecule has 1 aliphatic rings. The molecule has 0 aliphatic carbocycles. The highest BCUT2D eigenvalue weighted by atomic mass is 19.4. The molecule has 0 radical (unpaired) electrons. The van der Waals surface area contributed by atoms with Crippen molar-refractivity contribution in [3.8, 4) is 0 Å². The smallest absolute Gasteiger partial charge is 0.350 e. The number of rotatable bonds is 4. The molecular formula is C24H27F4N5O3. The maximum absolute atomic E-state index is 12.4. The van der Waals surface area contributed by atoms with E-state index < -0.39 is 23.1 Å². The van der Waals surface area contributed by atoms with Crippen molar-refractivity contribution < 1.29 is 31.9 Å². The van der Waals surface area contributed by atoms with Crippen molar-refractivity contribution in [1.82, 2.24) is 24.5 Å². The van der Waals surface area contributed by atoms with Gasteiger partial charge in [-0.05, 0) is 44.3 Å². The van der Waals surface area contributed by atoms with Crippen LogP contribution in [0.3, 0.4) is 0 Å². The number of nitrogens with one attached hydrogen (secondary N) is 1. The van der Waals surface area contributed by atoms with E-state index in [1.165, 1.54) is 0 Å². The Morgan fingerprint density at radius 2 is 1.81 bits per heavy atom. The van der Waals surface area contributed by atoms with E-state index in [9.17, 15) is 31.9 Å². The molecule has 0 saturated carbocycles. The molecule has 4 rings (SSSR count). The number of nitrogens with zero attached hydrogens (tertiary/aromatic N) is 4. The summed E-state index contributed by atoms with van der Waals surface area (Å²) < 4.78 is 50.7. The lowest BCUT2D eigenvalue weighted by atomic mass is 10.1. The van der Waals surface area contributed by atoms with Crippen molar-refractivity contribution >= 4 is 24.3 Å². The van der Waals surface area contributed by atoms with E-state index in [0.29, 0.717) is 24.6 Å². The molecule has 0 atom stereocenters. The molecule has 2 amide bonds. The minimum atomic E-state index is -4.62. The number of alkyl halides is 3. The monoisotopic (exact) mass is 509 g/mol. The van der Waals surface area contributed by atoms with Crippen molar-refractivity contribution in [3.63, 3.8) is 0 Å². The van der Waals surface area contributed by atoms with Crippen LogP contribution >= 0.6 is 0 Å². The highest BCUT2D eigenvalue weighted by Gasteiger charge is 2.33. The number of hydrogen-bond acceptors (Lipinski definition) is 5. The first-order valence-corrected chi connectivity index (χ1v) is 10.9. The minimum Gasteiger partial charge on any atom is -0.350 e. The number of aromatic nitrogens is 2. The Morgan fingerprint density at radius 3 is 2.39 bits per heavy atom. The van der Waals surface area contributed by atoms with Crippen LogP contribution in [0.25, 0.3) is 5.65 Å². The van der Waals surface area contributed by atoms with E-state index in [2.05, 4.69) is 15.2 Å². The summed E-state index contributed by atoms with van der Waals surface area (Å²) in [7, 11) is 2.03. The van der Waals surface area contributed by atoms with Crippen molar-refractivity contribution in [1.29, 1.82) is 0 Å². The summed E-state index contributed by atoms with van der Waals surface area (Å²) in [5.74, 6) is -0.865. The Morgan fingerprint density at radius 1 is 1.11 bits per heavy atom. The lowest BCUT2D eigenvalue weighted by Crippen LogP contribution is -2.49. The van der Waals surface area contributed by atoms with Gasteiger partial charge in [-0.1, -0.05) is 6.07 Å². The van der Waals surface area contributed by atoms with Crippen LogP contribution in [0.2, 0.25) is 0 Å². The number of aldehydes is 1. The normalized spacial score (nSPS) is 13.7. The van der Waals surface area contributed by atoms with Crippen LogP contribution in [0.1, 0.15) is 21.6 Å². The second-order valence-electron chi connectivity index (χ2n) is 7.88. The molecule has 3 heterocycles. The number of fused-ring (bicyclic) bond motifs is 1. The molecule has 1 fully saturated rings. The fourth-order valence-electron chi connectivity index (χ4n) is 3.25. The fourth-order valence-corrected chi connectivity index (χ4v) is 3.25. The third kappa shape index (κ3) is 8.77. The SMILES string of the molecule is CN1CCN(C(=O)CNC=O)CC1.Cc1cn2ccccc2n1.O=Cc1cc(F)ccc1C(F)(F)F. The fraction of sp³-hybridized carbons (Fsp3) is 0.333. The average Bonchev–Trinajstić information content (AvgIpc) is 3.23. The van der Waals surface area contributed by atoms with Crippen LogP contribution in [0, 0.1) is 12.7 Å². The van der Waals surface area contributed by atoms with E-state index in [1.807, 2.05) is 49.0 Å². The molecule has 1 N–H and O–H groups in total. The number of benzene rings is 1. The highest BCUT2D eigenvalue weighted by Crippen LogP contribution is 2.31. The predicted molar refractivity (Wildman–Crippen MR) is 125 cm³/mol. The summed E-state index contributed by atoms with van der Waals surface area (Å²) in [4.78, 5) is 39.7. The summed E-state index contributed by atoms with van der Waals surface area (Å²) in [6.07, 6.45) is -0.0888. The summed E-state index contributed by atoms with van der Waals surface area (Å²) in [5.41, 5.74) is 0.266. The Bertz CT molecular complexity index is 1130. The Kier molecular flexibility index (Phi) is 10.5. The first-order valence-electron chi connectivity index (χ1n) is 10.9. The molecule has 1 saturated heterocycles. The van der Waals surface area contributed by atoms with E-state index in [0.717, 1.165) is 37.5 Å². The number of amides is 2. The van der Waals surface area contributed by atoms with Gasteiger partial charge in [-0.25, -0.2) is 9.37 Å². The Hall–Kier alpha value is -3.80. The van der Waals surface area contributed by atoms with Gasteiger partial charge in [0.2, 0.25) is 12.3 Å². The molecule has 1 aromatic carbocycles. The van der Waals surface area contributed by atoms with Crippen LogP contribution in [0.4, 0.5) is 17.6 Å². The number of pyridine rings is 1. The number of likely N-dealkylation sites (N-methyl/N-ethyl adjacent to an activating group) is 1. The molecule has 8 nitrogen and oxygen atoms in total. The van der Waals surface area contributed by atoms with Crippen molar-refractivity contribution in [2.75, 3.05) is 39.8 Å². The minimum absolute atomic E-state index is 0.000185. The second kappa shape index (κ2) is 13.3. The Balaban J connectivity index is 0.000000192. The predicted octanol–water partition coefficient (Wildman–Crippen LogP) is 2.81. The number of imidazole rings is 1. The zero-order valence-electron chi connectivity index (χ0n) is 19.8. The summed E-state index contributed by atoms with van der Waals surface area (Å²) in [5, 5.41) is 2.37. The molecule has 194 valence electrons. The van der Waals surface area contributed by atoms with Gasteiger partial charge < -0.3 is 19.5 Å². The number of carbonyl (C=O) groups excluding carboxylic acids is 3. The third-order valence-corrected chi connectivity index (χ3v) is 5.12. The van der Waals surface area contributed by atoms with E-state index in [4.69, 9.17) is 0 Å². The van der Waals surface area contributed by atoms with Gasteiger partial charge in [-0.15, -0.1) is 0 Å². The van der Waals surface area contributed by atoms with Gasteiger partial charge in [0.1, 0.15) is 11.5 Å². The maximum atomic E-state index is 12.4. The van der Waals surface area contributed by atoms with Crippen LogP contribution in [0.15, 0.2) is 48.8 Å². The summed E-state index contributed by atoms with van der Waals surface area (Å²) in [6.45, 7) is 5.45. The first-order chi connectivity index (χ1) is 17.0. The molecular weight excluding hydrogens is 482 g/mol. The van der Waals surface area contributed by atoms with Gasteiger partial charge in [0, 0.05) is 44.1 Å².